The molecule has 0 nitrogen and oxygen atoms in total. The van der Waals surface area contributed by atoms with Gasteiger partial charge in [-0.3, -0.25) is 0 Å². The van der Waals surface area contributed by atoms with Crippen molar-refractivity contribution < 1.29 is 0 Å². The average Bonchev–Trinajstić information content (AvgIpc) is 1.27. The van der Waals surface area contributed by atoms with Crippen LogP contribution in [0.5, 0.6) is 0 Å². The molecule has 102 heavy (non-hydrogen) atoms. The molecule has 0 heteroatoms. The molecule has 0 aliphatic heterocycles. The summed E-state index contributed by atoms with van der Waals surface area (Å²) >= 11 is 0. The summed E-state index contributed by atoms with van der Waals surface area (Å²) in [4.78, 5) is 0. The van der Waals surface area contributed by atoms with Crippen molar-refractivity contribution in [1.82, 2.24) is 0 Å². The molecule has 0 aromatic heterocycles. The van der Waals surface area contributed by atoms with Gasteiger partial charge in [-0.05, 0) is 205 Å². The van der Waals surface area contributed by atoms with Gasteiger partial charge in [0.25, 0.3) is 0 Å². The van der Waals surface area contributed by atoms with Crippen molar-refractivity contribution in [3.8, 4) is 0 Å². The molecule has 0 unspecified atom stereocenters. The highest BCUT2D eigenvalue weighted by molar-refractivity contribution is 4.91. The maximum Gasteiger partial charge on any atom is -0.0277 e. The normalized spacial score (nSPS) is 26.0. The van der Waals surface area contributed by atoms with Crippen LogP contribution in [-0.2, 0) is 0 Å². The van der Waals surface area contributed by atoms with Gasteiger partial charge in [0.15, 0.2) is 0 Å². The van der Waals surface area contributed by atoms with Crippen LogP contribution in [0.1, 0.15) is 578 Å². The van der Waals surface area contributed by atoms with Crippen molar-refractivity contribution in [3.05, 3.63) is 0 Å². The van der Waals surface area contributed by atoms with E-state index in [2.05, 4.69) is 180 Å². The molecule has 0 bridgehead atoms. The van der Waals surface area contributed by atoms with Crippen molar-refractivity contribution in [1.29, 1.82) is 0 Å². The van der Waals surface area contributed by atoms with E-state index in [1.165, 1.54) is 398 Å². The maximum atomic E-state index is 2.46. The third kappa shape index (κ3) is 46.0. The Kier molecular flexibility index (Phi) is 50.5. The zero-order valence-corrected chi connectivity index (χ0v) is 77.0. The predicted molar refractivity (Wildman–Crippen MR) is 470 cm³/mol. The smallest absolute Gasteiger partial charge is 0.0277 e. The van der Waals surface area contributed by atoms with Crippen molar-refractivity contribution in [2.45, 2.75) is 578 Å². The van der Waals surface area contributed by atoms with Gasteiger partial charge in [-0.25, -0.2) is 0 Å². The van der Waals surface area contributed by atoms with Crippen LogP contribution in [0.4, 0.5) is 0 Å². The van der Waals surface area contributed by atoms with Crippen LogP contribution in [0.3, 0.4) is 0 Å². The molecular weight excluding hydrogens is 1230 g/mol. The van der Waals surface area contributed by atoms with Gasteiger partial charge < -0.3 is 0 Å². The second kappa shape index (κ2) is 51.5. The molecule has 10 rings (SSSR count). The van der Waals surface area contributed by atoms with E-state index in [9.17, 15) is 0 Å². The van der Waals surface area contributed by atoms with E-state index in [0.29, 0.717) is 54.1 Å². The predicted octanol–water partition coefficient (Wildman–Crippen LogP) is 37.8. The number of hydrogen-bond donors (Lipinski definition) is 0. The highest BCUT2D eigenvalue weighted by atomic mass is 14.5. The Bertz CT molecular complexity index is 1860. The zero-order valence-electron chi connectivity index (χ0n) is 77.0. The zero-order chi connectivity index (χ0) is 77.0. The summed E-state index contributed by atoms with van der Waals surface area (Å²) in [5.41, 5.74) is 7.68. The molecule has 0 radical (unpaired) electrons. The Hall–Kier alpha value is 0. The monoisotopic (exact) mass is 1430 g/mol. The molecule has 0 N–H and O–H groups in total. The van der Waals surface area contributed by atoms with Crippen LogP contribution in [0.2, 0.25) is 0 Å². The summed E-state index contributed by atoms with van der Waals surface area (Å²) in [6.45, 7) is 62.4. The summed E-state index contributed by atoms with van der Waals surface area (Å²) in [7, 11) is 0. The van der Waals surface area contributed by atoms with Gasteiger partial charge >= 0.3 is 0 Å². The minimum atomic E-state index is 0.507. The first-order chi connectivity index (χ1) is 47.6. The van der Waals surface area contributed by atoms with Crippen LogP contribution in [0, 0.1) is 76.8 Å². The van der Waals surface area contributed by atoms with Crippen molar-refractivity contribution in [2.24, 2.45) is 76.8 Å². The fourth-order valence-corrected chi connectivity index (χ4v) is 19.4. The Morgan fingerprint density at radius 1 is 0.186 bits per heavy atom. The van der Waals surface area contributed by atoms with Crippen molar-refractivity contribution in [2.75, 3.05) is 0 Å². The molecule has 0 aromatic carbocycles. The molecule has 0 saturated heterocycles. The van der Waals surface area contributed by atoms with Gasteiger partial charge in [0.2, 0.25) is 0 Å². The van der Waals surface area contributed by atoms with Crippen molar-refractivity contribution in [3.63, 3.8) is 0 Å². The third-order valence-electron chi connectivity index (χ3n) is 31.5. The van der Waals surface area contributed by atoms with Crippen molar-refractivity contribution >= 4 is 0 Å². The third-order valence-corrected chi connectivity index (χ3v) is 31.5. The second-order valence-electron chi connectivity index (χ2n) is 45.4. The van der Waals surface area contributed by atoms with E-state index in [1.807, 2.05) is 0 Å². The fraction of sp³-hybridized carbons (Fsp3) is 1.00. The molecule has 0 amide bonds. The lowest BCUT2D eigenvalue weighted by atomic mass is 9.61. The van der Waals surface area contributed by atoms with E-state index < -0.39 is 0 Å². The molecule has 10 aliphatic carbocycles. The highest BCUT2D eigenvalue weighted by Crippen LogP contribution is 2.52. The Balaban J connectivity index is 0.000000569. The molecule has 612 valence electrons. The summed E-state index contributed by atoms with van der Waals surface area (Å²) in [6, 6.07) is 0. The first kappa shape index (κ1) is 100. The van der Waals surface area contributed by atoms with E-state index in [0.717, 1.165) is 22.7 Å². The summed E-state index contributed by atoms with van der Waals surface area (Å²) in [6.07, 6.45) is 90.8. The van der Waals surface area contributed by atoms with E-state index in [4.69, 9.17) is 0 Å². The Morgan fingerprint density at radius 3 is 0.461 bits per heavy atom. The average molecular weight is 1430 g/mol. The summed E-state index contributed by atoms with van der Waals surface area (Å²) in [5.74, 6) is 1.77. The quantitative estimate of drug-likeness (QED) is 0.246. The van der Waals surface area contributed by atoms with Crippen LogP contribution < -0.4 is 0 Å². The first-order valence-corrected chi connectivity index (χ1v) is 47.6. The summed E-state index contributed by atoms with van der Waals surface area (Å²) < 4.78 is 0. The van der Waals surface area contributed by atoms with Crippen LogP contribution in [0.15, 0.2) is 0 Å². The molecule has 10 aliphatic rings. The largest absolute Gasteiger partial charge is 0.0649 e. The van der Waals surface area contributed by atoms with Gasteiger partial charge in [-0.2, -0.15) is 0 Å². The van der Waals surface area contributed by atoms with Crippen LogP contribution >= 0.6 is 0 Å². The Morgan fingerprint density at radius 2 is 0.314 bits per heavy atom. The van der Waals surface area contributed by atoms with Gasteiger partial charge in [-0.1, -0.05) is 450 Å². The van der Waals surface area contributed by atoms with Gasteiger partial charge in [-0.15, -0.1) is 0 Å². The fourth-order valence-electron chi connectivity index (χ4n) is 19.4. The van der Waals surface area contributed by atoms with Crippen LogP contribution in [-0.4, -0.2) is 0 Å². The minimum Gasteiger partial charge on any atom is -0.0649 e. The van der Waals surface area contributed by atoms with E-state index in [1.54, 1.807) is 0 Å². The molecule has 0 aromatic rings. The molecule has 0 atom stereocenters. The van der Waals surface area contributed by atoms with E-state index in [-0.39, 0.29) is 0 Å². The van der Waals surface area contributed by atoms with Gasteiger partial charge in [0.1, 0.15) is 0 Å². The minimum absolute atomic E-state index is 0.507. The van der Waals surface area contributed by atoms with Gasteiger partial charge in [0, 0.05) is 0 Å². The molecule has 10 saturated carbocycles. The molecule has 10 fully saturated rings. The molecule has 0 heterocycles. The summed E-state index contributed by atoms with van der Waals surface area (Å²) in [5, 5.41) is 0. The van der Waals surface area contributed by atoms with Crippen LogP contribution in [0.25, 0.3) is 0 Å². The lowest BCUT2D eigenvalue weighted by Gasteiger charge is -2.45. The topological polar surface area (TPSA) is 0 Å². The van der Waals surface area contributed by atoms with Gasteiger partial charge in [0.05, 0.1) is 0 Å². The second-order valence-corrected chi connectivity index (χ2v) is 45.4. The Labute approximate surface area is 651 Å². The number of hydrogen-bond acceptors (Lipinski definition) is 0. The maximum absolute atomic E-state index is 2.46. The lowest BCUT2D eigenvalue weighted by molar-refractivity contribution is 0.0601. The SMILES string of the molecule is CC(C)(C)C1(C)CCCC1.CC(C)(C)C1(C)CCCCC1.CC(C)C1(C)CCCC1.CC(C)C1(C)CCCCC1.CC1(C)CCCCCC1.CC1(C)CCCCCCC1.CC1(C)CCCCCCCCC1.CC1(C)CCCCCCCCCCC1.CCC1(C)CCCC1.CCC1(C)CCCCC1. The standard InChI is InChI=1S/C14H28.C12H24.C11H22.3C10H20.3C9H18.C8H16/c1-14(2)12-10-8-6-4-3-5-7-9-11-13-14;1-12(2)10-8-6-4-3-5-7-9-11-12;1-10(2,3)11(4)8-6-5-7-9-11;1-9(2,3)10(4)7-5-6-8-10;1-9(2)10(3)7-5-4-6-8-10;1-10(2)8-6-4-3-5-7-9-10;1-8(2)9(3)6-4-5-7-9;1-9(2)7-5-3-4-6-8-9;1-3-9(2)7-5-4-6-8-9;1-3-8(2)6-4-5-7-8/h3-13H2,1-2H3;3-11H2,1-2H3;5-9H2,1-4H3;5-8H2,1-4H3;9H,4-8H2,1-3H3;3-9H2,1-2H3;8H,4-7H2,1-3H3;2*3-8H2,1-2H3;3-7H2,1-2H3. The lowest BCUT2D eigenvalue weighted by Crippen LogP contribution is -2.34. The first-order valence-electron chi connectivity index (χ1n) is 47.6. The molecule has 0 spiro atoms. The van der Waals surface area contributed by atoms with E-state index >= 15 is 0 Å². The highest BCUT2D eigenvalue weighted by Gasteiger charge is 2.40. The number of rotatable bonds is 4. The molecular formula is C102H204.